The zero-order valence-electron chi connectivity index (χ0n) is 15.3. The molecule has 0 saturated carbocycles. The Morgan fingerprint density at radius 1 is 1.11 bits per heavy atom. The molecule has 0 unspecified atom stereocenters. The van der Waals surface area contributed by atoms with Crippen molar-refractivity contribution in [1.29, 1.82) is 0 Å². The summed E-state index contributed by atoms with van der Waals surface area (Å²) in [6, 6.07) is 14.7. The molecule has 1 N–H and O–H groups in total. The molecule has 0 bridgehead atoms. The van der Waals surface area contributed by atoms with Gasteiger partial charge in [0.25, 0.3) is 0 Å². The van der Waals surface area contributed by atoms with Crippen LogP contribution in [0.3, 0.4) is 0 Å². The first kappa shape index (κ1) is 19.0. The normalized spacial score (nSPS) is 10.7. The number of carboxylic acid groups (broad SMARTS) is 1. The molecule has 3 aromatic rings. The monoisotopic (exact) mass is 383 g/mol. The summed E-state index contributed by atoms with van der Waals surface area (Å²) >= 11 is 1.64. The molecule has 0 saturated heterocycles. The molecule has 2 aromatic carbocycles. The van der Waals surface area contributed by atoms with Crippen LogP contribution in [0.1, 0.15) is 22.3 Å². The Kier molecular flexibility index (Phi) is 6.13. The summed E-state index contributed by atoms with van der Waals surface area (Å²) in [7, 11) is 1.97. The van der Waals surface area contributed by atoms with Crippen molar-refractivity contribution in [2.24, 2.45) is 7.05 Å². The second-order valence-electron chi connectivity index (χ2n) is 6.11. The summed E-state index contributed by atoms with van der Waals surface area (Å²) < 4.78 is 7.65. The van der Waals surface area contributed by atoms with Gasteiger partial charge >= 0.3 is 5.97 Å². The summed E-state index contributed by atoms with van der Waals surface area (Å²) in [5.74, 6) is 1.44. The van der Waals surface area contributed by atoms with Crippen molar-refractivity contribution in [3.8, 4) is 17.1 Å². The van der Waals surface area contributed by atoms with Crippen molar-refractivity contribution in [1.82, 2.24) is 14.8 Å². The highest BCUT2D eigenvalue weighted by atomic mass is 32.2. The zero-order valence-corrected chi connectivity index (χ0v) is 16.1. The van der Waals surface area contributed by atoms with Crippen LogP contribution in [0.15, 0.2) is 53.7 Å². The van der Waals surface area contributed by atoms with Crippen LogP contribution in [0.5, 0.6) is 5.75 Å². The minimum atomic E-state index is -0.938. The highest BCUT2D eigenvalue weighted by Crippen LogP contribution is 2.23. The smallest absolute Gasteiger partial charge is 0.335 e. The highest BCUT2D eigenvalue weighted by molar-refractivity contribution is 7.99. The fourth-order valence-corrected chi connectivity index (χ4v) is 3.32. The highest BCUT2D eigenvalue weighted by Gasteiger charge is 2.11. The standard InChI is InChI=1S/C20H21N3O3S/c1-14-4-6-15(7-5-14)18-21-22-20(23(18)2)27-13-3-12-26-17-10-8-16(9-11-17)19(24)25/h4-11H,3,12-13H2,1-2H3,(H,24,25). The third-order valence-corrected chi connectivity index (χ3v) is 5.14. The summed E-state index contributed by atoms with van der Waals surface area (Å²) in [5.41, 5.74) is 2.52. The lowest BCUT2D eigenvalue weighted by Gasteiger charge is -2.07. The fraction of sp³-hybridized carbons (Fsp3) is 0.250. The first-order chi connectivity index (χ1) is 13.0. The Balaban J connectivity index is 1.47. The lowest BCUT2D eigenvalue weighted by Crippen LogP contribution is -2.01. The largest absolute Gasteiger partial charge is 0.494 e. The topological polar surface area (TPSA) is 77.2 Å². The lowest BCUT2D eigenvalue weighted by molar-refractivity contribution is 0.0697. The van der Waals surface area contributed by atoms with E-state index in [0.29, 0.717) is 12.4 Å². The predicted octanol–water partition coefficient (Wildman–Crippen LogP) is 4.05. The summed E-state index contributed by atoms with van der Waals surface area (Å²) in [6.45, 7) is 2.62. The number of aromatic carboxylic acids is 1. The number of carbonyl (C=O) groups is 1. The van der Waals surface area contributed by atoms with Crippen molar-refractivity contribution >= 4 is 17.7 Å². The second kappa shape index (κ2) is 8.73. The Hall–Kier alpha value is -2.80. The van der Waals surface area contributed by atoms with Gasteiger partial charge in [-0.15, -0.1) is 10.2 Å². The maximum absolute atomic E-state index is 10.8. The maximum Gasteiger partial charge on any atom is 0.335 e. The van der Waals surface area contributed by atoms with E-state index in [1.165, 1.54) is 5.56 Å². The van der Waals surface area contributed by atoms with E-state index in [2.05, 4.69) is 41.4 Å². The first-order valence-electron chi connectivity index (χ1n) is 8.60. The van der Waals surface area contributed by atoms with Gasteiger partial charge in [0.05, 0.1) is 12.2 Å². The molecule has 0 radical (unpaired) electrons. The molecule has 0 atom stereocenters. The second-order valence-corrected chi connectivity index (χ2v) is 7.17. The van der Waals surface area contributed by atoms with E-state index in [1.54, 1.807) is 36.0 Å². The lowest BCUT2D eigenvalue weighted by atomic mass is 10.1. The van der Waals surface area contributed by atoms with Gasteiger partial charge in [0.2, 0.25) is 0 Å². The van der Waals surface area contributed by atoms with Crippen molar-refractivity contribution in [2.45, 2.75) is 18.5 Å². The zero-order chi connectivity index (χ0) is 19.2. The van der Waals surface area contributed by atoms with Gasteiger partial charge in [-0.05, 0) is 37.6 Å². The number of carboxylic acids is 1. The molecule has 0 aliphatic heterocycles. The van der Waals surface area contributed by atoms with Gasteiger partial charge in [-0.1, -0.05) is 41.6 Å². The van der Waals surface area contributed by atoms with Crippen molar-refractivity contribution in [3.63, 3.8) is 0 Å². The molecule has 0 fully saturated rings. The molecule has 140 valence electrons. The van der Waals surface area contributed by atoms with Gasteiger partial charge in [-0.2, -0.15) is 0 Å². The Morgan fingerprint density at radius 2 is 1.81 bits per heavy atom. The molecule has 0 aliphatic rings. The maximum atomic E-state index is 10.8. The van der Waals surface area contributed by atoms with Crippen LogP contribution >= 0.6 is 11.8 Å². The van der Waals surface area contributed by atoms with E-state index in [-0.39, 0.29) is 5.56 Å². The van der Waals surface area contributed by atoms with Crippen LogP contribution in [0, 0.1) is 6.92 Å². The number of rotatable bonds is 8. The molecule has 0 aliphatic carbocycles. The average Bonchev–Trinajstić information content (AvgIpc) is 3.03. The Morgan fingerprint density at radius 3 is 2.48 bits per heavy atom. The van der Waals surface area contributed by atoms with Crippen molar-refractivity contribution in [3.05, 3.63) is 59.7 Å². The van der Waals surface area contributed by atoms with Crippen LogP contribution in [-0.4, -0.2) is 38.2 Å². The third kappa shape index (κ3) is 4.89. The van der Waals surface area contributed by atoms with Gasteiger partial charge in [0.1, 0.15) is 5.75 Å². The molecule has 27 heavy (non-hydrogen) atoms. The number of aromatic nitrogens is 3. The van der Waals surface area contributed by atoms with Gasteiger partial charge < -0.3 is 14.4 Å². The van der Waals surface area contributed by atoms with E-state index >= 15 is 0 Å². The molecule has 1 heterocycles. The van der Waals surface area contributed by atoms with Crippen LogP contribution in [0.2, 0.25) is 0 Å². The number of ether oxygens (including phenoxy) is 1. The van der Waals surface area contributed by atoms with Gasteiger partial charge in [0.15, 0.2) is 11.0 Å². The van der Waals surface area contributed by atoms with Crippen LogP contribution in [-0.2, 0) is 7.05 Å². The number of benzene rings is 2. The van der Waals surface area contributed by atoms with E-state index < -0.39 is 5.97 Å². The van der Waals surface area contributed by atoms with Crippen molar-refractivity contribution in [2.75, 3.05) is 12.4 Å². The number of thioether (sulfide) groups is 1. The van der Waals surface area contributed by atoms with Gasteiger partial charge in [0, 0.05) is 18.4 Å². The number of hydrogen-bond acceptors (Lipinski definition) is 5. The Bertz CT molecular complexity index is 905. The van der Waals surface area contributed by atoms with E-state index in [4.69, 9.17) is 9.84 Å². The number of aryl methyl sites for hydroxylation is 1. The molecule has 0 amide bonds. The molecule has 1 aromatic heterocycles. The Labute approximate surface area is 162 Å². The predicted molar refractivity (Wildman–Crippen MR) is 105 cm³/mol. The summed E-state index contributed by atoms with van der Waals surface area (Å²) in [5, 5.41) is 18.3. The molecule has 3 rings (SSSR count). The van der Waals surface area contributed by atoms with Crippen LogP contribution < -0.4 is 4.74 Å². The average molecular weight is 383 g/mol. The van der Waals surface area contributed by atoms with Gasteiger partial charge in [-0.3, -0.25) is 0 Å². The van der Waals surface area contributed by atoms with Crippen LogP contribution in [0.25, 0.3) is 11.4 Å². The van der Waals surface area contributed by atoms with E-state index in [0.717, 1.165) is 28.7 Å². The number of nitrogens with zero attached hydrogens (tertiary/aromatic N) is 3. The van der Waals surface area contributed by atoms with E-state index in [9.17, 15) is 4.79 Å². The first-order valence-corrected chi connectivity index (χ1v) is 9.58. The minimum absolute atomic E-state index is 0.254. The number of hydrogen-bond donors (Lipinski definition) is 1. The molecule has 7 heteroatoms. The quantitative estimate of drug-likeness (QED) is 0.467. The molecule has 0 spiro atoms. The fourth-order valence-electron chi connectivity index (χ4n) is 2.50. The van der Waals surface area contributed by atoms with Gasteiger partial charge in [-0.25, -0.2) is 4.79 Å². The SMILES string of the molecule is Cc1ccc(-c2nnc(SCCCOc3ccc(C(=O)O)cc3)n2C)cc1. The summed E-state index contributed by atoms with van der Waals surface area (Å²) in [4.78, 5) is 10.8. The van der Waals surface area contributed by atoms with Crippen molar-refractivity contribution < 1.29 is 14.6 Å². The third-order valence-electron chi connectivity index (χ3n) is 4.03. The molecular formula is C20H21N3O3S. The van der Waals surface area contributed by atoms with E-state index in [1.807, 2.05) is 11.6 Å². The van der Waals surface area contributed by atoms with Crippen LogP contribution in [0.4, 0.5) is 0 Å². The molecule has 6 nitrogen and oxygen atoms in total. The molecular weight excluding hydrogens is 362 g/mol. The summed E-state index contributed by atoms with van der Waals surface area (Å²) in [6.07, 6.45) is 0.845. The minimum Gasteiger partial charge on any atom is -0.494 e.